The summed E-state index contributed by atoms with van der Waals surface area (Å²) in [7, 11) is 1.92. The van der Waals surface area contributed by atoms with Crippen LogP contribution in [-0.2, 0) is 20.1 Å². The van der Waals surface area contributed by atoms with Gasteiger partial charge in [-0.25, -0.2) is 14.4 Å². The molecule has 4 rings (SSSR count). The molecule has 1 aliphatic rings. The van der Waals surface area contributed by atoms with Crippen LogP contribution in [0, 0.1) is 0 Å². The molecule has 8 heteroatoms. The number of imidazole rings is 1. The van der Waals surface area contributed by atoms with Crippen molar-refractivity contribution in [3.63, 3.8) is 0 Å². The highest BCUT2D eigenvalue weighted by molar-refractivity contribution is 5.30. The molecule has 0 aliphatic carbocycles. The lowest BCUT2D eigenvalue weighted by Crippen LogP contribution is -2.37. The van der Waals surface area contributed by atoms with Crippen molar-refractivity contribution in [2.24, 2.45) is 7.05 Å². The van der Waals surface area contributed by atoms with Gasteiger partial charge in [-0.15, -0.1) is 0 Å². The van der Waals surface area contributed by atoms with E-state index >= 15 is 0 Å². The standard InChI is InChI=1S/C17H22FN7/c1-23-14(3-5-22-23)12-24-11-13(18)7-15(24)8-19-9-16-10-21-17-20-4-2-6-25(16)17/h2-6,10,13,15,19H,7-9,11-12H2,1H3/t13-,15-/m0/s1. The van der Waals surface area contributed by atoms with E-state index in [-0.39, 0.29) is 6.04 Å². The van der Waals surface area contributed by atoms with E-state index in [4.69, 9.17) is 0 Å². The zero-order valence-corrected chi connectivity index (χ0v) is 14.2. The number of nitrogens with one attached hydrogen (secondary N) is 1. The van der Waals surface area contributed by atoms with Gasteiger partial charge in [0.15, 0.2) is 0 Å². The number of likely N-dealkylation sites (tertiary alicyclic amines) is 1. The molecule has 1 N–H and O–H groups in total. The molecule has 4 heterocycles. The third-order valence-electron chi connectivity index (χ3n) is 4.82. The Morgan fingerprint density at radius 1 is 1.28 bits per heavy atom. The van der Waals surface area contributed by atoms with E-state index in [1.807, 2.05) is 40.7 Å². The molecule has 2 atom stereocenters. The van der Waals surface area contributed by atoms with Gasteiger partial charge in [-0.2, -0.15) is 5.10 Å². The highest BCUT2D eigenvalue weighted by Gasteiger charge is 2.32. The van der Waals surface area contributed by atoms with Gasteiger partial charge in [0.25, 0.3) is 0 Å². The topological polar surface area (TPSA) is 63.3 Å². The van der Waals surface area contributed by atoms with Gasteiger partial charge < -0.3 is 5.32 Å². The Labute approximate surface area is 145 Å². The van der Waals surface area contributed by atoms with Crippen LogP contribution in [0.25, 0.3) is 5.78 Å². The van der Waals surface area contributed by atoms with Gasteiger partial charge in [-0.05, 0) is 18.6 Å². The second kappa shape index (κ2) is 6.89. The van der Waals surface area contributed by atoms with Crippen LogP contribution in [0.15, 0.2) is 36.9 Å². The highest BCUT2D eigenvalue weighted by Crippen LogP contribution is 2.22. The fourth-order valence-corrected chi connectivity index (χ4v) is 3.47. The summed E-state index contributed by atoms with van der Waals surface area (Å²) in [6.07, 6.45) is 7.10. The van der Waals surface area contributed by atoms with Gasteiger partial charge in [-0.3, -0.25) is 14.0 Å². The summed E-state index contributed by atoms with van der Waals surface area (Å²) in [5, 5.41) is 7.64. The number of hydrogen-bond donors (Lipinski definition) is 1. The quantitative estimate of drug-likeness (QED) is 0.728. The smallest absolute Gasteiger partial charge is 0.233 e. The van der Waals surface area contributed by atoms with E-state index in [0.717, 1.165) is 24.5 Å². The molecular weight excluding hydrogens is 321 g/mol. The first-order valence-corrected chi connectivity index (χ1v) is 8.53. The summed E-state index contributed by atoms with van der Waals surface area (Å²) in [4.78, 5) is 10.7. The molecular formula is C17H22FN7. The SMILES string of the molecule is Cn1nccc1CN1C[C@@H](F)C[C@H]1CNCc1cnc2ncccn12. The predicted molar refractivity (Wildman–Crippen MR) is 91.6 cm³/mol. The van der Waals surface area contributed by atoms with Crippen molar-refractivity contribution in [2.75, 3.05) is 13.1 Å². The number of halogens is 1. The minimum absolute atomic E-state index is 0.183. The van der Waals surface area contributed by atoms with Gasteiger partial charge in [0.05, 0.1) is 17.6 Å². The Hall–Kier alpha value is -2.32. The Bertz CT molecular complexity index is 842. The zero-order valence-electron chi connectivity index (χ0n) is 14.2. The van der Waals surface area contributed by atoms with E-state index in [1.54, 1.807) is 12.4 Å². The van der Waals surface area contributed by atoms with E-state index in [2.05, 4.69) is 25.3 Å². The van der Waals surface area contributed by atoms with Gasteiger partial charge in [-0.1, -0.05) is 0 Å². The van der Waals surface area contributed by atoms with E-state index in [9.17, 15) is 4.39 Å². The van der Waals surface area contributed by atoms with Crippen LogP contribution >= 0.6 is 0 Å². The number of aryl methyl sites for hydroxylation is 1. The highest BCUT2D eigenvalue weighted by atomic mass is 19.1. The van der Waals surface area contributed by atoms with Gasteiger partial charge in [0, 0.05) is 57.9 Å². The molecule has 3 aromatic rings. The van der Waals surface area contributed by atoms with Crippen molar-refractivity contribution < 1.29 is 4.39 Å². The summed E-state index contributed by atoms with van der Waals surface area (Å²) in [6.45, 7) is 2.63. The molecule has 0 bridgehead atoms. The molecule has 7 nitrogen and oxygen atoms in total. The number of alkyl halides is 1. The Morgan fingerprint density at radius 3 is 3.04 bits per heavy atom. The van der Waals surface area contributed by atoms with Crippen LogP contribution in [0.3, 0.4) is 0 Å². The molecule has 1 fully saturated rings. The van der Waals surface area contributed by atoms with Crippen molar-refractivity contribution in [3.05, 3.63) is 48.3 Å². The third kappa shape index (κ3) is 3.40. The van der Waals surface area contributed by atoms with E-state index in [0.29, 0.717) is 25.3 Å². The van der Waals surface area contributed by atoms with Gasteiger partial charge in [0.1, 0.15) is 6.17 Å². The molecule has 1 aliphatic heterocycles. The lowest BCUT2D eigenvalue weighted by molar-refractivity contribution is 0.224. The first-order chi connectivity index (χ1) is 12.2. The van der Waals surface area contributed by atoms with Crippen LogP contribution in [0.5, 0.6) is 0 Å². The molecule has 25 heavy (non-hydrogen) atoms. The maximum atomic E-state index is 13.9. The first kappa shape index (κ1) is 16.2. The van der Waals surface area contributed by atoms with E-state index < -0.39 is 6.17 Å². The summed E-state index contributed by atoms with van der Waals surface area (Å²) < 4.78 is 17.8. The van der Waals surface area contributed by atoms with Crippen molar-refractivity contribution >= 4 is 5.78 Å². The van der Waals surface area contributed by atoms with Gasteiger partial charge in [0.2, 0.25) is 5.78 Å². The number of nitrogens with zero attached hydrogens (tertiary/aromatic N) is 6. The molecule has 0 saturated carbocycles. The molecule has 3 aromatic heterocycles. The lowest BCUT2D eigenvalue weighted by Gasteiger charge is -2.24. The molecule has 0 amide bonds. The monoisotopic (exact) mass is 343 g/mol. The second-order valence-corrected chi connectivity index (χ2v) is 6.53. The van der Waals surface area contributed by atoms with Crippen molar-refractivity contribution in [2.45, 2.75) is 31.7 Å². The van der Waals surface area contributed by atoms with Crippen LogP contribution < -0.4 is 5.32 Å². The second-order valence-electron chi connectivity index (χ2n) is 6.53. The molecule has 0 aromatic carbocycles. The minimum atomic E-state index is -0.764. The minimum Gasteiger partial charge on any atom is -0.310 e. The Balaban J connectivity index is 1.37. The molecule has 1 saturated heterocycles. The predicted octanol–water partition coefficient (Wildman–Crippen LogP) is 1.16. The van der Waals surface area contributed by atoms with Crippen LogP contribution in [-0.4, -0.2) is 54.4 Å². The molecule has 132 valence electrons. The zero-order chi connectivity index (χ0) is 17.2. The molecule has 0 radical (unpaired) electrons. The summed E-state index contributed by atoms with van der Waals surface area (Å²) in [5.74, 6) is 0.696. The number of fused-ring (bicyclic) bond motifs is 1. The Morgan fingerprint density at radius 2 is 2.20 bits per heavy atom. The lowest BCUT2D eigenvalue weighted by atomic mass is 10.2. The fourth-order valence-electron chi connectivity index (χ4n) is 3.47. The number of rotatable bonds is 6. The third-order valence-corrected chi connectivity index (χ3v) is 4.82. The average molecular weight is 343 g/mol. The molecule has 0 unspecified atom stereocenters. The van der Waals surface area contributed by atoms with Crippen molar-refractivity contribution in [1.82, 2.24) is 34.4 Å². The van der Waals surface area contributed by atoms with Crippen LogP contribution in [0.4, 0.5) is 4.39 Å². The Kier molecular flexibility index (Phi) is 4.46. The summed E-state index contributed by atoms with van der Waals surface area (Å²) >= 11 is 0. The maximum absolute atomic E-state index is 13.9. The van der Waals surface area contributed by atoms with Crippen LogP contribution in [0.1, 0.15) is 17.8 Å². The van der Waals surface area contributed by atoms with Crippen molar-refractivity contribution in [3.8, 4) is 0 Å². The first-order valence-electron chi connectivity index (χ1n) is 8.53. The van der Waals surface area contributed by atoms with Crippen molar-refractivity contribution in [1.29, 1.82) is 0 Å². The summed E-state index contributed by atoms with van der Waals surface area (Å²) in [5.41, 5.74) is 2.16. The van der Waals surface area contributed by atoms with Gasteiger partial charge >= 0.3 is 0 Å². The summed E-state index contributed by atoms with van der Waals surface area (Å²) in [6, 6.07) is 4.06. The largest absolute Gasteiger partial charge is 0.310 e. The van der Waals surface area contributed by atoms with Crippen LogP contribution in [0.2, 0.25) is 0 Å². The number of hydrogen-bond acceptors (Lipinski definition) is 5. The fraction of sp³-hybridized carbons (Fsp3) is 0.471. The number of aromatic nitrogens is 5. The van der Waals surface area contributed by atoms with E-state index in [1.165, 1.54) is 0 Å². The maximum Gasteiger partial charge on any atom is 0.233 e. The normalized spacial score (nSPS) is 21.4. The average Bonchev–Trinajstić information content (AvgIpc) is 3.29. The molecule has 0 spiro atoms.